The molecular weight excluding hydrogens is 262 g/mol. The summed E-state index contributed by atoms with van der Waals surface area (Å²) >= 11 is 0. The van der Waals surface area contributed by atoms with Gasteiger partial charge < -0.3 is 5.32 Å². The molecule has 0 spiro atoms. The molecule has 0 saturated heterocycles. The molecule has 21 heavy (non-hydrogen) atoms. The fourth-order valence-electron chi connectivity index (χ4n) is 2.72. The maximum Gasteiger partial charge on any atom is 0.223 e. The number of carbonyl (C=O) groups is 1. The number of hydrogen-bond donors (Lipinski definition) is 1. The number of benzene rings is 1. The molecule has 4 heteroatoms. The third kappa shape index (κ3) is 3.51. The molecule has 1 heterocycles. The molecule has 1 aliphatic carbocycles. The van der Waals surface area contributed by atoms with Crippen molar-refractivity contribution in [3.05, 3.63) is 53.9 Å². The van der Waals surface area contributed by atoms with E-state index in [1.54, 1.807) is 0 Å². The molecule has 0 bridgehead atoms. The van der Waals surface area contributed by atoms with E-state index in [1.807, 2.05) is 42.1 Å². The van der Waals surface area contributed by atoms with E-state index in [0.29, 0.717) is 5.92 Å². The fraction of sp³-hybridized carbons (Fsp3) is 0.412. The maximum atomic E-state index is 12.1. The maximum absolute atomic E-state index is 12.1. The third-order valence-electron chi connectivity index (χ3n) is 3.99. The van der Waals surface area contributed by atoms with Crippen LogP contribution in [0.5, 0.6) is 0 Å². The average Bonchev–Trinajstić information content (AvgIpc) is 3.21. The van der Waals surface area contributed by atoms with Gasteiger partial charge in [0.1, 0.15) is 0 Å². The molecule has 2 unspecified atom stereocenters. The Hall–Kier alpha value is -2.10. The summed E-state index contributed by atoms with van der Waals surface area (Å²) in [5.41, 5.74) is 2.31. The standard InChI is InChI=1S/C17H21N3O/c1-13-8-11-20(19-13)10-5-9-18-17(21)16-12-15(16)14-6-3-2-4-7-14/h2-4,6-8,11,15-16H,5,9-10,12H2,1H3,(H,18,21). The first-order valence-corrected chi connectivity index (χ1v) is 7.57. The molecule has 0 radical (unpaired) electrons. The number of rotatable bonds is 6. The highest BCUT2D eigenvalue weighted by atomic mass is 16.2. The van der Waals surface area contributed by atoms with Gasteiger partial charge in [-0.2, -0.15) is 5.10 Å². The number of nitrogens with zero attached hydrogens (tertiary/aromatic N) is 2. The van der Waals surface area contributed by atoms with Crippen LogP contribution in [0.3, 0.4) is 0 Å². The summed E-state index contributed by atoms with van der Waals surface area (Å²) in [7, 11) is 0. The van der Waals surface area contributed by atoms with E-state index in [4.69, 9.17) is 0 Å². The van der Waals surface area contributed by atoms with E-state index in [9.17, 15) is 4.79 Å². The number of aromatic nitrogens is 2. The Bertz CT molecular complexity index is 606. The van der Waals surface area contributed by atoms with Gasteiger partial charge in [-0.05, 0) is 37.3 Å². The van der Waals surface area contributed by atoms with Crippen molar-refractivity contribution in [2.24, 2.45) is 5.92 Å². The second kappa shape index (κ2) is 6.12. The lowest BCUT2D eigenvalue weighted by molar-refractivity contribution is -0.122. The van der Waals surface area contributed by atoms with Crippen LogP contribution in [0.1, 0.15) is 30.0 Å². The lowest BCUT2D eigenvalue weighted by Crippen LogP contribution is -2.27. The van der Waals surface area contributed by atoms with Crippen molar-refractivity contribution < 1.29 is 4.79 Å². The Morgan fingerprint density at radius 2 is 2.14 bits per heavy atom. The first-order chi connectivity index (χ1) is 10.2. The molecule has 2 aromatic rings. The quantitative estimate of drug-likeness (QED) is 0.828. The number of amides is 1. The average molecular weight is 283 g/mol. The molecule has 1 fully saturated rings. The Kier molecular flexibility index (Phi) is 4.04. The van der Waals surface area contributed by atoms with Gasteiger partial charge in [0.25, 0.3) is 0 Å². The van der Waals surface area contributed by atoms with Gasteiger partial charge in [0.2, 0.25) is 5.91 Å². The van der Waals surface area contributed by atoms with Crippen molar-refractivity contribution in [2.75, 3.05) is 6.54 Å². The van der Waals surface area contributed by atoms with E-state index in [-0.39, 0.29) is 11.8 Å². The summed E-state index contributed by atoms with van der Waals surface area (Å²) < 4.78 is 1.92. The van der Waals surface area contributed by atoms with Crippen LogP contribution in [-0.2, 0) is 11.3 Å². The van der Waals surface area contributed by atoms with Crippen LogP contribution >= 0.6 is 0 Å². The van der Waals surface area contributed by atoms with Crippen molar-refractivity contribution in [3.8, 4) is 0 Å². The van der Waals surface area contributed by atoms with E-state index in [2.05, 4.69) is 22.5 Å². The molecule has 1 aromatic carbocycles. The summed E-state index contributed by atoms with van der Waals surface area (Å²) in [5.74, 6) is 0.778. The molecule has 0 aliphatic heterocycles. The summed E-state index contributed by atoms with van der Waals surface area (Å²) in [5, 5.41) is 7.37. The molecule has 1 aromatic heterocycles. The number of carbonyl (C=O) groups excluding carboxylic acids is 1. The van der Waals surface area contributed by atoms with Crippen LogP contribution < -0.4 is 5.32 Å². The normalized spacial score (nSPS) is 20.2. The lowest BCUT2D eigenvalue weighted by atomic mass is 10.1. The van der Waals surface area contributed by atoms with Gasteiger partial charge >= 0.3 is 0 Å². The van der Waals surface area contributed by atoms with Crippen molar-refractivity contribution in [3.63, 3.8) is 0 Å². The molecule has 1 N–H and O–H groups in total. The monoisotopic (exact) mass is 283 g/mol. The second-order valence-corrected chi connectivity index (χ2v) is 5.72. The molecule has 4 nitrogen and oxygen atoms in total. The number of hydrogen-bond acceptors (Lipinski definition) is 2. The summed E-state index contributed by atoms with van der Waals surface area (Å²) in [6, 6.07) is 12.3. The SMILES string of the molecule is Cc1ccn(CCCNC(=O)C2CC2c2ccccc2)n1. The van der Waals surface area contributed by atoms with Crippen LogP contribution in [0, 0.1) is 12.8 Å². The smallest absolute Gasteiger partial charge is 0.223 e. The zero-order valence-electron chi connectivity index (χ0n) is 12.3. The van der Waals surface area contributed by atoms with Crippen LogP contribution in [0.4, 0.5) is 0 Å². The summed E-state index contributed by atoms with van der Waals surface area (Å²) in [4.78, 5) is 12.1. The highest BCUT2D eigenvalue weighted by molar-refractivity contribution is 5.82. The second-order valence-electron chi connectivity index (χ2n) is 5.72. The molecule has 3 rings (SSSR count). The van der Waals surface area contributed by atoms with Gasteiger partial charge in [-0.25, -0.2) is 0 Å². The van der Waals surface area contributed by atoms with Gasteiger partial charge in [0, 0.05) is 25.2 Å². The van der Waals surface area contributed by atoms with Gasteiger partial charge in [-0.1, -0.05) is 30.3 Å². The minimum absolute atomic E-state index is 0.166. The van der Waals surface area contributed by atoms with Crippen LogP contribution in [-0.4, -0.2) is 22.2 Å². The summed E-state index contributed by atoms with van der Waals surface area (Å²) in [6.45, 7) is 3.55. The van der Waals surface area contributed by atoms with Gasteiger partial charge in [0.15, 0.2) is 0 Å². The first-order valence-electron chi connectivity index (χ1n) is 7.57. The van der Waals surface area contributed by atoms with Crippen LogP contribution in [0.25, 0.3) is 0 Å². The predicted molar refractivity (Wildman–Crippen MR) is 81.9 cm³/mol. The Morgan fingerprint density at radius 1 is 1.33 bits per heavy atom. The fourth-order valence-corrected chi connectivity index (χ4v) is 2.72. The first kappa shape index (κ1) is 13.9. The Balaban J connectivity index is 1.38. The number of nitrogens with one attached hydrogen (secondary N) is 1. The topological polar surface area (TPSA) is 46.9 Å². The zero-order chi connectivity index (χ0) is 14.7. The minimum atomic E-state index is 0.166. The molecular formula is C17H21N3O. The van der Waals surface area contributed by atoms with Gasteiger partial charge in [0.05, 0.1) is 5.69 Å². The van der Waals surface area contributed by atoms with E-state index < -0.39 is 0 Å². The highest BCUT2D eigenvalue weighted by Crippen LogP contribution is 2.47. The summed E-state index contributed by atoms with van der Waals surface area (Å²) in [6.07, 6.45) is 3.87. The van der Waals surface area contributed by atoms with Gasteiger partial charge in [-0.15, -0.1) is 0 Å². The van der Waals surface area contributed by atoms with Gasteiger partial charge in [-0.3, -0.25) is 9.48 Å². The minimum Gasteiger partial charge on any atom is -0.356 e. The van der Waals surface area contributed by atoms with Crippen LogP contribution in [0.15, 0.2) is 42.6 Å². The van der Waals surface area contributed by atoms with Crippen molar-refractivity contribution >= 4 is 5.91 Å². The van der Waals surface area contributed by atoms with Crippen molar-refractivity contribution in [2.45, 2.75) is 32.2 Å². The predicted octanol–water partition coefficient (Wildman–Crippen LogP) is 2.50. The highest BCUT2D eigenvalue weighted by Gasteiger charge is 2.43. The van der Waals surface area contributed by atoms with E-state index >= 15 is 0 Å². The molecule has 1 saturated carbocycles. The molecule has 1 amide bonds. The number of aryl methyl sites for hydroxylation is 2. The lowest BCUT2D eigenvalue weighted by Gasteiger charge is -2.05. The Morgan fingerprint density at radius 3 is 2.86 bits per heavy atom. The van der Waals surface area contributed by atoms with E-state index in [0.717, 1.165) is 31.6 Å². The largest absolute Gasteiger partial charge is 0.356 e. The Labute approximate surface area is 125 Å². The third-order valence-corrected chi connectivity index (χ3v) is 3.99. The zero-order valence-corrected chi connectivity index (χ0v) is 12.3. The molecule has 110 valence electrons. The van der Waals surface area contributed by atoms with Crippen molar-refractivity contribution in [1.82, 2.24) is 15.1 Å². The van der Waals surface area contributed by atoms with E-state index in [1.165, 1.54) is 5.56 Å². The molecule has 1 aliphatic rings. The van der Waals surface area contributed by atoms with Crippen molar-refractivity contribution in [1.29, 1.82) is 0 Å². The molecule has 2 atom stereocenters. The van der Waals surface area contributed by atoms with Crippen LogP contribution in [0.2, 0.25) is 0 Å².